The van der Waals surface area contributed by atoms with Gasteiger partial charge >= 0.3 is 0 Å². The Hall–Kier alpha value is -2.22. The minimum absolute atomic E-state index is 0.756. The number of benzene rings is 2. The maximum atomic E-state index is 4.75. The standard InChI is InChI=1S/C20H18N4S3/c1-14-7-9-16(10-8-14)18-22-17(12-25-18)13-26-20-24-23-19(27-20)21-11-15-5-3-2-4-6-15/h2-10,12H,11,13H2,1H3,(H,21,23). The van der Waals surface area contributed by atoms with E-state index in [4.69, 9.17) is 4.98 Å². The number of hydrogen-bond donors (Lipinski definition) is 1. The molecule has 4 nitrogen and oxygen atoms in total. The zero-order valence-electron chi connectivity index (χ0n) is 14.8. The molecular weight excluding hydrogens is 392 g/mol. The highest BCUT2D eigenvalue weighted by molar-refractivity contribution is 8.00. The summed E-state index contributed by atoms with van der Waals surface area (Å²) in [7, 11) is 0. The van der Waals surface area contributed by atoms with Gasteiger partial charge in [-0.05, 0) is 12.5 Å². The van der Waals surface area contributed by atoms with Gasteiger partial charge in [0.15, 0.2) is 4.34 Å². The second-order valence-electron chi connectivity index (χ2n) is 6.01. The molecule has 0 aliphatic carbocycles. The van der Waals surface area contributed by atoms with Crippen LogP contribution in [0, 0.1) is 6.92 Å². The van der Waals surface area contributed by atoms with Crippen LogP contribution < -0.4 is 5.32 Å². The molecule has 27 heavy (non-hydrogen) atoms. The molecule has 0 radical (unpaired) electrons. The molecule has 0 bridgehead atoms. The first-order chi connectivity index (χ1) is 13.3. The molecule has 0 unspecified atom stereocenters. The second-order valence-corrected chi connectivity index (χ2v) is 9.07. The van der Waals surface area contributed by atoms with Crippen molar-refractivity contribution in [3.8, 4) is 10.6 Å². The molecular formula is C20H18N4S3. The third-order valence-electron chi connectivity index (χ3n) is 3.89. The molecule has 0 saturated carbocycles. The van der Waals surface area contributed by atoms with Gasteiger partial charge in [-0.3, -0.25) is 0 Å². The highest BCUT2D eigenvalue weighted by Crippen LogP contribution is 2.30. The van der Waals surface area contributed by atoms with Gasteiger partial charge in [-0.2, -0.15) is 0 Å². The number of aromatic nitrogens is 3. The SMILES string of the molecule is Cc1ccc(-c2nc(CSc3nnc(NCc4ccccc4)s3)cs2)cc1. The molecule has 0 saturated heterocycles. The predicted octanol–water partition coefficient (Wildman–Crippen LogP) is 5.87. The summed E-state index contributed by atoms with van der Waals surface area (Å²) in [6.07, 6.45) is 0. The Morgan fingerprint density at radius 2 is 1.81 bits per heavy atom. The molecule has 2 aromatic carbocycles. The fraction of sp³-hybridized carbons (Fsp3) is 0.150. The zero-order valence-corrected chi connectivity index (χ0v) is 17.2. The molecule has 4 rings (SSSR count). The summed E-state index contributed by atoms with van der Waals surface area (Å²) in [5, 5.41) is 15.8. The fourth-order valence-corrected chi connectivity index (χ4v) is 5.02. The van der Waals surface area contributed by atoms with E-state index >= 15 is 0 Å². The van der Waals surface area contributed by atoms with E-state index in [2.05, 4.69) is 64.2 Å². The Balaban J connectivity index is 1.32. The molecule has 0 aliphatic heterocycles. The summed E-state index contributed by atoms with van der Waals surface area (Å²) in [6, 6.07) is 18.8. The van der Waals surface area contributed by atoms with Gasteiger partial charge in [0.1, 0.15) is 5.01 Å². The summed E-state index contributed by atoms with van der Waals surface area (Å²) in [4.78, 5) is 4.75. The quantitative estimate of drug-likeness (QED) is 0.386. The van der Waals surface area contributed by atoms with Gasteiger partial charge in [-0.1, -0.05) is 83.3 Å². The van der Waals surface area contributed by atoms with Crippen LogP contribution in [-0.2, 0) is 12.3 Å². The first-order valence-corrected chi connectivity index (χ1v) is 11.2. The molecule has 0 spiro atoms. The minimum Gasteiger partial charge on any atom is -0.356 e. The number of thiazole rings is 1. The molecule has 136 valence electrons. The lowest BCUT2D eigenvalue weighted by Gasteiger charge is -2.00. The van der Waals surface area contributed by atoms with Crippen molar-refractivity contribution in [2.75, 3.05) is 5.32 Å². The number of aryl methyl sites for hydroxylation is 1. The summed E-state index contributed by atoms with van der Waals surface area (Å²) in [5.41, 5.74) is 4.74. The highest BCUT2D eigenvalue weighted by Gasteiger charge is 2.08. The monoisotopic (exact) mass is 410 g/mol. The van der Waals surface area contributed by atoms with E-state index in [1.54, 1.807) is 34.4 Å². The summed E-state index contributed by atoms with van der Waals surface area (Å²) >= 11 is 4.94. The fourth-order valence-electron chi connectivity index (χ4n) is 2.45. The van der Waals surface area contributed by atoms with Crippen molar-refractivity contribution in [2.45, 2.75) is 23.6 Å². The molecule has 4 aromatic rings. The average Bonchev–Trinajstić information content (AvgIpc) is 3.36. The Kier molecular flexibility index (Phi) is 5.81. The Labute approximate surface area is 170 Å². The van der Waals surface area contributed by atoms with Crippen LogP contribution in [0.2, 0.25) is 0 Å². The van der Waals surface area contributed by atoms with E-state index in [0.717, 1.165) is 32.5 Å². The van der Waals surface area contributed by atoms with Crippen molar-refractivity contribution >= 4 is 39.6 Å². The molecule has 0 atom stereocenters. The first kappa shape index (κ1) is 18.2. The smallest absolute Gasteiger partial charge is 0.206 e. The molecule has 0 amide bonds. The third-order valence-corrected chi connectivity index (χ3v) is 6.87. The van der Waals surface area contributed by atoms with E-state index in [9.17, 15) is 0 Å². The number of anilines is 1. The van der Waals surface area contributed by atoms with Crippen molar-refractivity contribution < 1.29 is 0 Å². The van der Waals surface area contributed by atoms with E-state index in [1.165, 1.54) is 16.7 Å². The summed E-state index contributed by atoms with van der Waals surface area (Å²) in [5.74, 6) is 0.801. The van der Waals surface area contributed by atoms with Crippen LogP contribution in [0.3, 0.4) is 0 Å². The zero-order chi connectivity index (χ0) is 18.5. The van der Waals surface area contributed by atoms with Gasteiger partial charge in [0, 0.05) is 23.2 Å². The van der Waals surface area contributed by atoms with E-state index in [0.29, 0.717) is 0 Å². The summed E-state index contributed by atoms with van der Waals surface area (Å²) in [6.45, 7) is 2.85. The van der Waals surface area contributed by atoms with Crippen molar-refractivity contribution in [3.05, 3.63) is 76.8 Å². The number of thioether (sulfide) groups is 1. The van der Waals surface area contributed by atoms with E-state index in [1.807, 2.05) is 18.2 Å². The average molecular weight is 411 g/mol. The molecule has 0 fully saturated rings. The van der Waals surface area contributed by atoms with Crippen LogP contribution >= 0.6 is 34.4 Å². The molecule has 2 aromatic heterocycles. The van der Waals surface area contributed by atoms with Crippen LogP contribution in [-0.4, -0.2) is 15.2 Å². The Morgan fingerprint density at radius 1 is 1.00 bits per heavy atom. The van der Waals surface area contributed by atoms with Gasteiger partial charge in [0.25, 0.3) is 0 Å². The number of rotatable bonds is 7. The lowest BCUT2D eigenvalue weighted by Crippen LogP contribution is -1.98. The topological polar surface area (TPSA) is 50.7 Å². The normalized spacial score (nSPS) is 10.9. The minimum atomic E-state index is 0.756. The van der Waals surface area contributed by atoms with Gasteiger partial charge < -0.3 is 5.32 Å². The molecule has 1 N–H and O–H groups in total. The van der Waals surface area contributed by atoms with Gasteiger partial charge in [-0.25, -0.2) is 4.98 Å². The second kappa shape index (κ2) is 8.65. The number of hydrogen-bond acceptors (Lipinski definition) is 7. The Morgan fingerprint density at radius 3 is 2.63 bits per heavy atom. The van der Waals surface area contributed by atoms with Crippen molar-refractivity contribution in [3.63, 3.8) is 0 Å². The van der Waals surface area contributed by atoms with Crippen molar-refractivity contribution in [2.24, 2.45) is 0 Å². The molecule has 0 aliphatic rings. The van der Waals surface area contributed by atoms with Crippen LogP contribution in [0.25, 0.3) is 10.6 Å². The number of nitrogens with zero attached hydrogens (tertiary/aromatic N) is 3. The van der Waals surface area contributed by atoms with Gasteiger partial charge in [-0.15, -0.1) is 21.5 Å². The van der Waals surface area contributed by atoms with Crippen LogP contribution in [0.4, 0.5) is 5.13 Å². The highest BCUT2D eigenvalue weighted by atomic mass is 32.2. The molecule has 7 heteroatoms. The summed E-state index contributed by atoms with van der Waals surface area (Å²) < 4.78 is 0.954. The number of nitrogens with one attached hydrogen (secondary N) is 1. The third kappa shape index (κ3) is 4.94. The maximum absolute atomic E-state index is 4.75. The maximum Gasteiger partial charge on any atom is 0.206 e. The van der Waals surface area contributed by atoms with E-state index in [-0.39, 0.29) is 0 Å². The van der Waals surface area contributed by atoms with Crippen LogP contribution in [0.1, 0.15) is 16.8 Å². The largest absolute Gasteiger partial charge is 0.356 e. The van der Waals surface area contributed by atoms with Crippen LogP contribution in [0.15, 0.2) is 64.3 Å². The van der Waals surface area contributed by atoms with Crippen molar-refractivity contribution in [1.82, 2.24) is 15.2 Å². The molecule has 2 heterocycles. The van der Waals surface area contributed by atoms with Crippen LogP contribution in [0.5, 0.6) is 0 Å². The van der Waals surface area contributed by atoms with Gasteiger partial charge in [0.05, 0.1) is 5.69 Å². The lowest BCUT2D eigenvalue weighted by atomic mass is 10.2. The van der Waals surface area contributed by atoms with Gasteiger partial charge in [0.2, 0.25) is 5.13 Å². The predicted molar refractivity (Wildman–Crippen MR) is 116 cm³/mol. The van der Waals surface area contributed by atoms with E-state index < -0.39 is 0 Å². The first-order valence-electron chi connectivity index (χ1n) is 8.52. The van der Waals surface area contributed by atoms with Crippen molar-refractivity contribution in [1.29, 1.82) is 0 Å². The lowest BCUT2D eigenvalue weighted by molar-refractivity contribution is 0.994. The Bertz CT molecular complexity index is 994.